The van der Waals surface area contributed by atoms with Crippen LogP contribution in [-0.2, 0) is 11.2 Å². The minimum absolute atomic E-state index is 0.193. The van der Waals surface area contributed by atoms with Gasteiger partial charge in [-0.1, -0.05) is 47.5 Å². The molecule has 0 saturated heterocycles. The number of amides is 2. The minimum atomic E-state index is -0.622. The number of hydrogen-bond donors (Lipinski definition) is 2. The number of halogens is 2. The van der Waals surface area contributed by atoms with E-state index >= 15 is 0 Å². The Hall–Kier alpha value is -1.69. The highest BCUT2D eigenvalue weighted by molar-refractivity contribution is 7.98. The van der Waals surface area contributed by atoms with Crippen molar-refractivity contribution in [1.82, 2.24) is 10.6 Å². The molecule has 2 aromatic rings. The zero-order valence-electron chi connectivity index (χ0n) is 15.9. The molecule has 7 heteroatoms. The molecule has 2 rings (SSSR count). The second kappa shape index (κ2) is 11.3. The van der Waals surface area contributed by atoms with Gasteiger partial charge in [0.1, 0.15) is 6.04 Å². The summed E-state index contributed by atoms with van der Waals surface area (Å²) < 4.78 is 0. The Labute approximate surface area is 180 Å². The number of rotatable bonds is 9. The van der Waals surface area contributed by atoms with Crippen LogP contribution in [-0.4, -0.2) is 36.4 Å². The summed E-state index contributed by atoms with van der Waals surface area (Å²) >= 11 is 13.6. The molecule has 150 valence electrons. The zero-order chi connectivity index (χ0) is 20.5. The van der Waals surface area contributed by atoms with Gasteiger partial charge in [0, 0.05) is 11.6 Å². The molecule has 1 atom stereocenters. The highest BCUT2D eigenvalue weighted by atomic mass is 35.5. The molecule has 0 aliphatic heterocycles. The van der Waals surface area contributed by atoms with E-state index in [1.54, 1.807) is 23.9 Å². The Bertz CT molecular complexity index is 830. The molecule has 1 unspecified atom stereocenters. The average Bonchev–Trinajstić information content (AvgIpc) is 2.66. The van der Waals surface area contributed by atoms with E-state index in [2.05, 4.69) is 29.7 Å². The maximum absolute atomic E-state index is 12.6. The summed E-state index contributed by atoms with van der Waals surface area (Å²) in [5.41, 5.74) is 2.69. The van der Waals surface area contributed by atoms with Crippen LogP contribution in [0.4, 0.5) is 0 Å². The Kier molecular flexibility index (Phi) is 9.16. The van der Waals surface area contributed by atoms with Gasteiger partial charge in [0.15, 0.2) is 0 Å². The SMILES string of the molecule is CSCCC(NC(=O)c1ccc(Cl)cc1Cl)C(=O)NCCc1ccccc1C. The molecule has 0 aromatic heterocycles. The number of nitrogens with one attached hydrogen (secondary N) is 2. The molecule has 0 saturated carbocycles. The summed E-state index contributed by atoms with van der Waals surface area (Å²) in [5, 5.41) is 6.44. The molecular weight excluding hydrogens is 415 g/mol. The molecule has 2 aromatic carbocycles. The lowest BCUT2D eigenvalue weighted by Crippen LogP contribution is -2.47. The molecule has 0 fully saturated rings. The van der Waals surface area contributed by atoms with Crippen LogP contribution in [0, 0.1) is 6.92 Å². The fraction of sp³-hybridized carbons (Fsp3) is 0.333. The molecule has 0 aliphatic rings. The number of thioether (sulfide) groups is 1. The molecule has 0 heterocycles. The lowest BCUT2D eigenvalue weighted by atomic mass is 10.1. The van der Waals surface area contributed by atoms with Gasteiger partial charge in [0.25, 0.3) is 5.91 Å². The molecule has 4 nitrogen and oxygen atoms in total. The summed E-state index contributed by atoms with van der Waals surface area (Å²) in [6, 6.07) is 12.1. The Morgan fingerprint density at radius 1 is 1.14 bits per heavy atom. The van der Waals surface area contributed by atoms with Crippen molar-refractivity contribution in [3.63, 3.8) is 0 Å². The minimum Gasteiger partial charge on any atom is -0.354 e. The van der Waals surface area contributed by atoms with Crippen molar-refractivity contribution >= 4 is 46.8 Å². The van der Waals surface area contributed by atoms with Crippen LogP contribution in [0.5, 0.6) is 0 Å². The quantitative estimate of drug-likeness (QED) is 0.605. The normalized spacial score (nSPS) is 11.7. The lowest BCUT2D eigenvalue weighted by Gasteiger charge is -2.19. The third kappa shape index (κ3) is 6.73. The van der Waals surface area contributed by atoms with Gasteiger partial charge in [-0.2, -0.15) is 11.8 Å². The molecule has 0 aliphatic carbocycles. The van der Waals surface area contributed by atoms with Crippen molar-refractivity contribution in [2.75, 3.05) is 18.6 Å². The Morgan fingerprint density at radius 2 is 1.89 bits per heavy atom. The number of carbonyl (C=O) groups is 2. The summed E-state index contributed by atoms with van der Waals surface area (Å²) in [6.07, 6.45) is 3.24. The smallest absolute Gasteiger partial charge is 0.253 e. The van der Waals surface area contributed by atoms with E-state index in [0.29, 0.717) is 23.6 Å². The highest BCUT2D eigenvalue weighted by Crippen LogP contribution is 2.21. The predicted octanol–water partition coefficient (Wildman–Crippen LogP) is 4.51. The zero-order valence-corrected chi connectivity index (χ0v) is 18.3. The van der Waals surface area contributed by atoms with Gasteiger partial charge in [0.05, 0.1) is 10.6 Å². The van der Waals surface area contributed by atoms with Crippen molar-refractivity contribution in [3.05, 3.63) is 69.2 Å². The molecular formula is C21H24Cl2N2O2S. The first kappa shape index (κ1) is 22.6. The van der Waals surface area contributed by atoms with Gasteiger partial charge >= 0.3 is 0 Å². The number of aryl methyl sites for hydroxylation is 1. The monoisotopic (exact) mass is 438 g/mol. The van der Waals surface area contributed by atoms with E-state index in [0.717, 1.165) is 12.2 Å². The number of benzene rings is 2. The summed E-state index contributed by atoms with van der Waals surface area (Å²) in [4.78, 5) is 25.2. The van der Waals surface area contributed by atoms with Gasteiger partial charge in [-0.15, -0.1) is 0 Å². The Balaban J connectivity index is 1.98. The van der Waals surface area contributed by atoms with Crippen LogP contribution >= 0.6 is 35.0 Å². The van der Waals surface area contributed by atoms with Crippen LogP contribution in [0.2, 0.25) is 10.0 Å². The van der Waals surface area contributed by atoms with Crippen LogP contribution in [0.3, 0.4) is 0 Å². The fourth-order valence-corrected chi connectivity index (χ4v) is 3.71. The molecule has 2 amide bonds. The van der Waals surface area contributed by atoms with Crippen molar-refractivity contribution in [2.45, 2.75) is 25.8 Å². The van der Waals surface area contributed by atoms with Crippen molar-refractivity contribution in [2.24, 2.45) is 0 Å². The van der Waals surface area contributed by atoms with E-state index in [1.165, 1.54) is 17.2 Å². The Morgan fingerprint density at radius 3 is 2.57 bits per heavy atom. The predicted molar refractivity (Wildman–Crippen MR) is 119 cm³/mol. The third-order valence-electron chi connectivity index (χ3n) is 4.36. The molecule has 0 bridgehead atoms. The lowest BCUT2D eigenvalue weighted by molar-refractivity contribution is -0.122. The number of hydrogen-bond acceptors (Lipinski definition) is 3. The summed E-state index contributed by atoms with van der Waals surface area (Å²) in [5.74, 6) is 0.174. The summed E-state index contributed by atoms with van der Waals surface area (Å²) in [7, 11) is 0. The number of carbonyl (C=O) groups excluding carboxylic acids is 2. The maximum atomic E-state index is 12.6. The van der Waals surface area contributed by atoms with Crippen LogP contribution in [0.1, 0.15) is 27.9 Å². The molecule has 2 N–H and O–H groups in total. The fourth-order valence-electron chi connectivity index (χ4n) is 2.75. The van der Waals surface area contributed by atoms with Crippen molar-refractivity contribution in [1.29, 1.82) is 0 Å². The van der Waals surface area contributed by atoms with E-state index in [-0.39, 0.29) is 16.8 Å². The van der Waals surface area contributed by atoms with E-state index in [9.17, 15) is 9.59 Å². The summed E-state index contributed by atoms with van der Waals surface area (Å²) in [6.45, 7) is 2.56. The first-order valence-corrected chi connectivity index (χ1v) is 11.1. The second-order valence-corrected chi connectivity index (χ2v) is 8.23. The van der Waals surface area contributed by atoms with E-state index in [1.807, 2.05) is 18.4 Å². The standard InChI is InChI=1S/C21H24Cl2N2O2S/c1-14-5-3-4-6-15(14)9-11-24-21(27)19(10-12-28-2)25-20(26)17-8-7-16(22)13-18(17)23/h3-8,13,19H,9-12H2,1-2H3,(H,24,27)(H,25,26). The average molecular weight is 439 g/mol. The second-order valence-electron chi connectivity index (χ2n) is 6.40. The van der Waals surface area contributed by atoms with Gasteiger partial charge in [0.2, 0.25) is 5.91 Å². The topological polar surface area (TPSA) is 58.2 Å². The van der Waals surface area contributed by atoms with Crippen LogP contribution in [0.25, 0.3) is 0 Å². The van der Waals surface area contributed by atoms with Crippen LogP contribution in [0.15, 0.2) is 42.5 Å². The van der Waals surface area contributed by atoms with Gasteiger partial charge in [-0.3, -0.25) is 9.59 Å². The molecule has 28 heavy (non-hydrogen) atoms. The molecule has 0 radical (unpaired) electrons. The first-order chi connectivity index (χ1) is 13.4. The van der Waals surface area contributed by atoms with Crippen LogP contribution < -0.4 is 10.6 Å². The first-order valence-electron chi connectivity index (χ1n) is 8.99. The largest absolute Gasteiger partial charge is 0.354 e. The van der Waals surface area contributed by atoms with Crippen molar-refractivity contribution in [3.8, 4) is 0 Å². The third-order valence-corrected chi connectivity index (χ3v) is 5.55. The molecule has 0 spiro atoms. The highest BCUT2D eigenvalue weighted by Gasteiger charge is 2.22. The van der Waals surface area contributed by atoms with Gasteiger partial charge in [-0.05, 0) is 61.1 Å². The maximum Gasteiger partial charge on any atom is 0.253 e. The van der Waals surface area contributed by atoms with Gasteiger partial charge < -0.3 is 10.6 Å². The van der Waals surface area contributed by atoms with Gasteiger partial charge in [-0.25, -0.2) is 0 Å². The van der Waals surface area contributed by atoms with Crippen molar-refractivity contribution < 1.29 is 9.59 Å². The van der Waals surface area contributed by atoms with E-state index in [4.69, 9.17) is 23.2 Å². The van der Waals surface area contributed by atoms with E-state index < -0.39 is 6.04 Å².